The Morgan fingerprint density at radius 2 is 1.86 bits per heavy atom. The van der Waals surface area contributed by atoms with E-state index in [1.165, 1.54) is 0 Å². The monoisotopic (exact) mass is 409 g/mol. The first-order valence-corrected chi connectivity index (χ1v) is 10.4. The highest BCUT2D eigenvalue weighted by molar-refractivity contribution is 6.30. The van der Waals surface area contributed by atoms with Gasteiger partial charge in [-0.05, 0) is 30.5 Å². The van der Waals surface area contributed by atoms with Crippen molar-refractivity contribution in [2.75, 3.05) is 31.1 Å². The number of imidazole rings is 1. The Kier molecular flexibility index (Phi) is 5.65. The van der Waals surface area contributed by atoms with Crippen LogP contribution in [0.15, 0.2) is 24.5 Å². The summed E-state index contributed by atoms with van der Waals surface area (Å²) in [5.41, 5.74) is 4.58. The number of aromatic nitrogens is 4. The number of pyridine rings is 1. The van der Waals surface area contributed by atoms with Crippen LogP contribution < -0.4 is 4.90 Å². The Morgan fingerprint density at radius 3 is 2.55 bits per heavy atom. The summed E-state index contributed by atoms with van der Waals surface area (Å²) in [6, 6.07) is 6.16. The van der Waals surface area contributed by atoms with Crippen molar-refractivity contribution >= 4 is 23.1 Å². The van der Waals surface area contributed by atoms with E-state index in [1.807, 2.05) is 28.9 Å². The molecule has 0 bridgehead atoms. The van der Waals surface area contributed by atoms with Crippen LogP contribution in [-0.4, -0.2) is 50.7 Å². The summed E-state index contributed by atoms with van der Waals surface area (Å²) < 4.78 is 1.96. The zero-order chi connectivity index (χ0) is 20.4. The molecule has 150 valence electrons. The molecule has 3 aromatic heterocycles. The van der Waals surface area contributed by atoms with E-state index in [0.29, 0.717) is 10.6 Å². The number of nitriles is 1. The predicted octanol–water partition coefficient (Wildman–Crippen LogP) is 3.10. The van der Waals surface area contributed by atoms with Crippen molar-refractivity contribution in [2.24, 2.45) is 0 Å². The number of hydrogen-bond donors (Lipinski definition) is 0. The third-order valence-corrected chi connectivity index (χ3v) is 5.69. The molecule has 0 amide bonds. The summed E-state index contributed by atoms with van der Waals surface area (Å²) in [6.45, 7) is 8.32. The zero-order valence-corrected chi connectivity index (χ0v) is 17.5. The summed E-state index contributed by atoms with van der Waals surface area (Å²) in [5, 5.41) is 19.2. The fraction of sp³-hybridized carbons (Fsp3) is 0.429. The predicted molar refractivity (Wildman–Crippen MR) is 113 cm³/mol. The summed E-state index contributed by atoms with van der Waals surface area (Å²) in [6.07, 6.45) is 5.50. The van der Waals surface area contributed by atoms with Crippen molar-refractivity contribution in [1.29, 1.82) is 5.26 Å². The maximum Gasteiger partial charge on any atom is 0.169 e. The smallest absolute Gasteiger partial charge is 0.169 e. The van der Waals surface area contributed by atoms with Gasteiger partial charge in [-0.2, -0.15) is 10.4 Å². The third kappa shape index (κ3) is 3.91. The summed E-state index contributed by atoms with van der Waals surface area (Å²) in [7, 11) is 0. The van der Waals surface area contributed by atoms with Crippen LogP contribution in [0.1, 0.15) is 36.4 Å². The molecule has 0 unspecified atom stereocenters. The van der Waals surface area contributed by atoms with E-state index in [2.05, 4.69) is 44.9 Å². The van der Waals surface area contributed by atoms with Crippen molar-refractivity contribution in [3.63, 3.8) is 0 Å². The second-order valence-electron chi connectivity index (χ2n) is 7.25. The van der Waals surface area contributed by atoms with E-state index in [4.69, 9.17) is 11.6 Å². The second-order valence-corrected chi connectivity index (χ2v) is 7.69. The van der Waals surface area contributed by atoms with E-state index in [0.717, 1.165) is 74.0 Å². The molecule has 0 aliphatic carbocycles. The lowest BCUT2D eigenvalue weighted by molar-refractivity contribution is 0.247. The Hall–Kier alpha value is -2.69. The summed E-state index contributed by atoms with van der Waals surface area (Å²) in [5.74, 6) is 0.726. The SMILES string of the molecule is CCc1nnc(N2CCN(Cc3cn4cc(Cl)ccc4n3)CC2)c(C#N)c1CC. The lowest BCUT2D eigenvalue weighted by Gasteiger charge is -2.35. The van der Waals surface area contributed by atoms with E-state index >= 15 is 0 Å². The van der Waals surface area contributed by atoms with E-state index in [9.17, 15) is 5.26 Å². The van der Waals surface area contributed by atoms with Gasteiger partial charge in [0.1, 0.15) is 17.3 Å². The van der Waals surface area contributed by atoms with E-state index in [-0.39, 0.29) is 0 Å². The van der Waals surface area contributed by atoms with Gasteiger partial charge in [-0.1, -0.05) is 25.4 Å². The number of anilines is 1. The molecule has 29 heavy (non-hydrogen) atoms. The number of halogens is 1. The number of rotatable bonds is 5. The molecule has 0 N–H and O–H groups in total. The molecule has 8 heteroatoms. The van der Waals surface area contributed by atoms with Crippen molar-refractivity contribution < 1.29 is 0 Å². The van der Waals surface area contributed by atoms with Gasteiger partial charge in [-0.3, -0.25) is 4.90 Å². The fourth-order valence-corrected chi connectivity index (χ4v) is 4.11. The Bertz CT molecular complexity index is 1060. The highest BCUT2D eigenvalue weighted by atomic mass is 35.5. The summed E-state index contributed by atoms with van der Waals surface area (Å²) in [4.78, 5) is 9.24. The molecule has 1 saturated heterocycles. The summed E-state index contributed by atoms with van der Waals surface area (Å²) >= 11 is 6.06. The average molecular weight is 410 g/mol. The molecule has 0 aromatic carbocycles. The Labute approximate surface area is 175 Å². The van der Waals surface area contributed by atoms with Gasteiger partial charge in [0.15, 0.2) is 5.82 Å². The molecule has 1 aliphatic rings. The van der Waals surface area contributed by atoms with Gasteiger partial charge in [0.2, 0.25) is 0 Å². The average Bonchev–Trinajstić information content (AvgIpc) is 3.14. The van der Waals surface area contributed by atoms with Crippen molar-refractivity contribution in [2.45, 2.75) is 33.2 Å². The van der Waals surface area contributed by atoms with Gasteiger partial charge in [-0.15, -0.1) is 5.10 Å². The third-order valence-electron chi connectivity index (χ3n) is 5.46. The van der Waals surface area contributed by atoms with Gasteiger partial charge in [-0.25, -0.2) is 4.98 Å². The minimum Gasteiger partial charge on any atom is -0.351 e. The van der Waals surface area contributed by atoms with Crippen LogP contribution in [0.25, 0.3) is 5.65 Å². The number of hydrogen-bond acceptors (Lipinski definition) is 6. The molecule has 3 aromatic rings. The van der Waals surface area contributed by atoms with Crippen molar-refractivity contribution in [1.82, 2.24) is 24.5 Å². The van der Waals surface area contributed by atoms with Gasteiger partial charge < -0.3 is 9.30 Å². The molecule has 1 aliphatic heterocycles. The normalized spacial score (nSPS) is 15.0. The standard InChI is InChI=1S/C21H24ClN7/c1-3-17-18(11-23)21(26-25-19(17)4-2)28-9-7-27(8-10-28)13-16-14-29-12-15(22)5-6-20(29)24-16/h5-6,12,14H,3-4,7-10,13H2,1-2H3. The van der Waals surface area contributed by atoms with Crippen LogP contribution >= 0.6 is 11.6 Å². The lowest BCUT2D eigenvalue weighted by atomic mass is 10.0. The van der Waals surface area contributed by atoms with E-state index < -0.39 is 0 Å². The Morgan fingerprint density at radius 1 is 1.07 bits per heavy atom. The number of fused-ring (bicyclic) bond motifs is 1. The first kappa shape index (κ1) is 19.6. The number of piperazine rings is 1. The van der Waals surface area contributed by atoms with Crippen molar-refractivity contribution in [3.05, 3.63) is 52.1 Å². The van der Waals surface area contributed by atoms with Gasteiger partial charge >= 0.3 is 0 Å². The molecule has 0 saturated carbocycles. The highest BCUT2D eigenvalue weighted by Crippen LogP contribution is 2.24. The topological polar surface area (TPSA) is 73.3 Å². The molecular formula is C21H24ClN7. The molecule has 4 heterocycles. The largest absolute Gasteiger partial charge is 0.351 e. The number of aryl methyl sites for hydroxylation is 1. The molecular weight excluding hydrogens is 386 g/mol. The van der Waals surface area contributed by atoms with Crippen molar-refractivity contribution in [3.8, 4) is 6.07 Å². The number of nitrogens with zero attached hydrogens (tertiary/aromatic N) is 7. The first-order chi connectivity index (χ1) is 14.1. The van der Waals surface area contributed by atoms with Crippen LogP contribution in [0.5, 0.6) is 0 Å². The highest BCUT2D eigenvalue weighted by Gasteiger charge is 2.24. The second kappa shape index (κ2) is 8.36. The van der Waals surface area contributed by atoms with E-state index in [1.54, 1.807) is 0 Å². The quantitative estimate of drug-likeness (QED) is 0.644. The molecule has 1 fully saturated rings. The Balaban J connectivity index is 1.46. The van der Waals surface area contributed by atoms with Gasteiger partial charge in [0, 0.05) is 45.1 Å². The van der Waals surface area contributed by atoms with Crippen LogP contribution in [0, 0.1) is 11.3 Å². The van der Waals surface area contributed by atoms with Crippen LogP contribution in [0.2, 0.25) is 5.02 Å². The molecule has 7 nitrogen and oxygen atoms in total. The van der Waals surface area contributed by atoms with Gasteiger partial charge in [0.25, 0.3) is 0 Å². The molecule has 0 atom stereocenters. The maximum absolute atomic E-state index is 9.74. The maximum atomic E-state index is 9.74. The molecule has 0 radical (unpaired) electrons. The van der Waals surface area contributed by atoms with Crippen LogP contribution in [0.3, 0.4) is 0 Å². The van der Waals surface area contributed by atoms with Crippen LogP contribution in [0.4, 0.5) is 5.82 Å². The van der Waals surface area contributed by atoms with Crippen LogP contribution in [-0.2, 0) is 19.4 Å². The molecule has 0 spiro atoms. The molecule has 4 rings (SSSR count). The van der Waals surface area contributed by atoms with Gasteiger partial charge in [0.05, 0.1) is 16.4 Å². The fourth-order valence-electron chi connectivity index (χ4n) is 3.94. The zero-order valence-electron chi connectivity index (χ0n) is 16.8. The minimum absolute atomic E-state index is 0.685. The minimum atomic E-state index is 0.685. The first-order valence-electron chi connectivity index (χ1n) is 10.0. The lowest BCUT2D eigenvalue weighted by Crippen LogP contribution is -2.46.